The molecular formula is C13H18BrClS. The summed E-state index contributed by atoms with van der Waals surface area (Å²) >= 11 is 11.8. The first-order valence-corrected chi connectivity index (χ1v) is 8.30. The zero-order chi connectivity index (χ0) is 11.8. The van der Waals surface area contributed by atoms with Crippen molar-refractivity contribution in [1.29, 1.82) is 0 Å². The van der Waals surface area contributed by atoms with Crippen molar-refractivity contribution in [3.8, 4) is 0 Å². The van der Waals surface area contributed by atoms with Crippen LogP contribution in [0.3, 0.4) is 0 Å². The van der Waals surface area contributed by atoms with Crippen LogP contribution in [-0.4, -0.2) is 16.8 Å². The lowest BCUT2D eigenvalue weighted by molar-refractivity contribution is 0.579. The molecule has 0 amide bonds. The number of alkyl halides is 1. The molecule has 1 aromatic carbocycles. The molecule has 0 nitrogen and oxygen atoms in total. The van der Waals surface area contributed by atoms with Gasteiger partial charge in [0.1, 0.15) is 0 Å². The lowest BCUT2D eigenvalue weighted by Gasteiger charge is -2.14. The summed E-state index contributed by atoms with van der Waals surface area (Å²) in [7, 11) is 0. The van der Waals surface area contributed by atoms with Gasteiger partial charge in [0.15, 0.2) is 0 Å². The number of rotatable bonds is 7. The lowest BCUT2D eigenvalue weighted by atomic mass is 9.99. The van der Waals surface area contributed by atoms with Gasteiger partial charge in [-0.05, 0) is 41.9 Å². The van der Waals surface area contributed by atoms with E-state index in [9.17, 15) is 0 Å². The third-order valence-electron chi connectivity index (χ3n) is 2.56. The second-order valence-corrected chi connectivity index (χ2v) is 6.25. The Labute approximate surface area is 116 Å². The summed E-state index contributed by atoms with van der Waals surface area (Å²) in [6.45, 7) is 2.21. The molecule has 0 aliphatic rings. The average Bonchev–Trinajstić information content (AvgIpc) is 2.30. The number of halogens is 2. The van der Waals surface area contributed by atoms with Crippen molar-refractivity contribution in [2.24, 2.45) is 5.92 Å². The normalized spacial score (nSPS) is 12.7. The van der Waals surface area contributed by atoms with Crippen LogP contribution in [0.15, 0.2) is 24.3 Å². The van der Waals surface area contributed by atoms with Gasteiger partial charge in [0.2, 0.25) is 0 Å². The maximum absolute atomic E-state index is 6.17. The van der Waals surface area contributed by atoms with Gasteiger partial charge in [-0.2, -0.15) is 11.8 Å². The van der Waals surface area contributed by atoms with Crippen molar-refractivity contribution < 1.29 is 0 Å². The van der Waals surface area contributed by atoms with E-state index in [1.54, 1.807) is 0 Å². The van der Waals surface area contributed by atoms with Gasteiger partial charge in [-0.15, -0.1) is 0 Å². The van der Waals surface area contributed by atoms with E-state index in [0.717, 1.165) is 16.8 Å². The predicted octanol–water partition coefficient (Wildman–Crippen LogP) is 5.04. The van der Waals surface area contributed by atoms with Crippen molar-refractivity contribution in [2.45, 2.75) is 19.8 Å². The molecule has 0 spiro atoms. The van der Waals surface area contributed by atoms with Crippen LogP contribution in [0.4, 0.5) is 0 Å². The van der Waals surface area contributed by atoms with Gasteiger partial charge in [-0.25, -0.2) is 0 Å². The second-order valence-electron chi connectivity index (χ2n) is 3.80. The average molecular weight is 322 g/mol. The molecule has 1 aromatic rings. The SMILES string of the molecule is CCSCCC(CBr)Cc1ccccc1Cl. The number of hydrogen-bond donors (Lipinski definition) is 0. The molecule has 0 heterocycles. The van der Waals surface area contributed by atoms with Crippen LogP contribution in [0.5, 0.6) is 0 Å². The molecule has 90 valence electrons. The molecule has 0 N–H and O–H groups in total. The van der Waals surface area contributed by atoms with E-state index in [4.69, 9.17) is 11.6 Å². The van der Waals surface area contributed by atoms with Crippen LogP contribution in [-0.2, 0) is 6.42 Å². The molecule has 0 bridgehead atoms. The fourth-order valence-electron chi connectivity index (χ4n) is 1.60. The highest BCUT2D eigenvalue weighted by Gasteiger charge is 2.10. The molecular weight excluding hydrogens is 304 g/mol. The minimum atomic E-state index is 0.693. The number of benzene rings is 1. The van der Waals surface area contributed by atoms with E-state index in [1.807, 2.05) is 23.9 Å². The van der Waals surface area contributed by atoms with Gasteiger partial charge >= 0.3 is 0 Å². The van der Waals surface area contributed by atoms with E-state index < -0.39 is 0 Å². The lowest BCUT2D eigenvalue weighted by Crippen LogP contribution is -2.08. The molecule has 1 unspecified atom stereocenters. The van der Waals surface area contributed by atoms with Crippen molar-refractivity contribution in [3.05, 3.63) is 34.9 Å². The van der Waals surface area contributed by atoms with Gasteiger partial charge in [-0.3, -0.25) is 0 Å². The van der Waals surface area contributed by atoms with E-state index in [2.05, 4.69) is 35.0 Å². The molecule has 3 heteroatoms. The first kappa shape index (κ1) is 14.4. The molecule has 1 rings (SSSR count). The molecule has 0 radical (unpaired) electrons. The van der Waals surface area contributed by atoms with Crippen molar-refractivity contribution in [1.82, 2.24) is 0 Å². The minimum absolute atomic E-state index is 0.693. The van der Waals surface area contributed by atoms with Gasteiger partial charge < -0.3 is 0 Å². The van der Waals surface area contributed by atoms with Gasteiger partial charge in [0.05, 0.1) is 0 Å². The summed E-state index contributed by atoms with van der Waals surface area (Å²) < 4.78 is 0. The van der Waals surface area contributed by atoms with Crippen molar-refractivity contribution in [2.75, 3.05) is 16.8 Å². The van der Waals surface area contributed by atoms with E-state index >= 15 is 0 Å². The third-order valence-corrected chi connectivity index (χ3v) is 4.78. The van der Waals surface area contributed by atoms with Gasteiger partial charge in [0.25, 0.3) is 0 Å². The first-order chi connectivity index (χ1) is 7.77. The van der Waals surface area contributed by atoms with Crippen LogP contribution in [0, 0.1) is 5.92 Å². The van der Waals surface area contributed by atoms with Crippen LogP contribution in [0.1, 0.15) is 18.9 Å². The predicted molar refractivity (Wildman–Crippen MR) is 80.1 cm³/mol. The Morgan fingerprint density at radius 3 is 2.75 bits per heavy atom. The van der Waals surface area contributed by atoms with Crippen molar-refractivity contribution in [3.63, 3.8) is 0 Å². The molecule has 16 heavy (non-hydrogen) atoms. The monoisotopic (exact) mass is 320 g/mol. The molecule has 0 aliphatic heterocycles. The minimum Gasteiger partial charge on any atom is -0.162 e. The highest BCUT2D eigenvalue weighted by molar-refractivity contribution is 9.09. The maximum Gasteiger partial charge on any atom is 0.0438 e. The Morgan fingerprint density at radius 1 is 1.38 bits per heavy atom. The second kappa shape index (κ2) is 8.43. The summed E-state index contributed by atoms with van der Waals surface area (Å²) in [6, 6.07) is 8.16. The Balaban J connectivity index is 2.46. The summed E-state index contributed by atoms with van der Waals surface area (Å²) in [5, 5.41) is 1.96. The largest absolute Gasteiger partial charge is 0.162 e. The topological polar surface area (TPSA) is 0 Å². The maximum atomic E-state index is 6.17. The van der Waals surface area contributed by atoms with Gasteiger partial charge in [-0.1, -0.05) is 52.7 Å². The van der Waals surface area contributed by atoms with Crippen LogP contribution in [0.25, 0.3) is 0 Å². The summed E-state index contributed by atoms with van der Waals surface area (Å²) in [6.07, 6.45) is 2.34. The molecule has 0 fully saturated rings. The molecule has 0 aromatic heterocycles. The summed E-state index contributed by atoms with van der Waals surface area (Å²) in [5.41, 5.74) is 1.27. The quantitative estimate of drug-likeness (QED) is 0.501. The molecule has 1 atom stereocenters. The van der Waals surface area contributed by atoms with Crippen LogP contribution >= 0.6 is 39.3 Å². The molecule has 0 saturated carbocycles. The zero-order valence-corrected chi connectivity index (χ0v) is 12.7. The number of hydrogen-bond acceptors (Lipinski definition) is 1. The Kier molecular flexibility index (Phi) is 7.59. The van der Waals surface area contributed by atoms with E-state index in [0.29, 0.717) is 5.92 Å². The standard InChI is InChI=1S/C13H18BrClS/c1-2-16-8-7-11(10-14)9-12-5-3-4-6-13(12)15/h3-6,11H,2,7-10H2,1H3. The zero-order valence-electron chi connectivity index (χ0n) is 9.59. The fourth-order valence-corrected chi connectivity index (χ4v) is 3.16. The highest BCUT2D eigenvalue weighted by Crippen LogP contribution is 2.22. The van der Waals surface area contributed by atoms with Crippen molar-refractivity contribution >= 4 is 39.3 Å². The van der Waals surface area contributed by atoms with Gasteiger partial charge in [0, 0.05) is 10.4 Å². The Bertz CT molecular complexity index is 304. The van der Waals surface area contributed by atoms with E-state index in [1.165, 1.54) is 23.5 Å². The van der Waals surface area contributed by atoms with Crippen LogP contribution < -0.4 is 0 Å². The Morgan fingerprint density at radius 2 is 2.12 bits per heavy atom. The highest BCUT2D eigenvalue weighted by atomic mass is 79.9. The molecule has 0 saturated heterocycles. The first-order valence-electron chi connectivity index (χ1n) is 5.65. The molecule has 0 aliphatic carbocycles. The van der Waals surface area contributed by atoms with Crippen LogP contribution in [0.2, 0.25) is 5.02 Å². The Hall–Kier alpha value is 0.340. The summed E-state index contributed by atoms with van der Waals surface area (Å²) in [4.78, 5) is 0. The smallest absolute Gasteiger partial charge is 0.0438 e. The summed E-state index contributed by atoms with van der Waals surface area (Å²) in [5.74, 6) is 3.15. The number of thioether (sulfide) groups is 1. The van der Waals surface area contributed by atoms with E-state index in [-0.39, 0.29) is 0 Å². The fraction of sp³-hybridized carbons (Fsp3) is 0.538. The third kappa shape index (κ3) is 5.11.